The fourth-order valence-corrected chi connectivity index (χ4v) is 3.72. The summed E-state index contributed by atoms with van der Waals surface area (Å²) in [5.41, 5.74) is 2.25. The minimum Gasteiger partial charge on any atom is -0.484 e. The lowest BCUT2D eigenvalue weighted by atomic mass is 10.0. The number of carbonyl (C=O) groups excluding carboxylic acids is 2. The second-order valence-electron chi connectivity index (χ2n) is 9.06. The molecule has 0 radical (unpaired) electrons. The molecule has 0 bridgehead atoms. The molecule has 35 heavy (non-hydrogen) atoms. The molecular weight excluding hydrogens is 443 g/mol. The molecule has 5 nitrogen and oxygen atoms in total. The Bertz CT molecular complexity index is 1120. The topological polar surface area (TPSA) is 58.6 Å². The summed E-state index contributed by atoms with van der Waals surface area (Å²) in [5.74, 6) is -0.283. The minimum atomic E-state index is -0.829. The molecule has 184 valence electrons. The highest BCUT2D eigenvalue weighted by molar-refractivity contribution is 5.88. The van der Waals surface area contributed by atoms with Crippen LogP contribution in [0.3, 0.4) is 0 Å². The molecule has 0 unspecified atom stereocenters. The van der Waals surface area contributed by atoms with Crippen molar-refractivity contribution in [3.63, 3.8) is 0 Å². The lowest BCUT2D eigenvalue weighted by Crippen LogP contribution is -2.52. The van der Waals surface area contributed by atoms with E-state index in [1.165, 1.54) is 11.0 Å². The van der Waals surface area contributed by atoms with Crippen molar-refractivity contribution in [2.24, 2.45) is 5.92 Å². The fraction of sp³-hybridized carbons (Fsp3) is 0.310. The van der Waals surface area contributed by atoms with E-state index >= 15 is 0 Å². The Hall–Kier alpha value is -3.67. The minimum absolute atomic E-state index is 0.0463. The van der Waals surface area contributed by atoms with E-state index in [0.29, 0.717) is 24.3 Å². The smallest absolute Gasteiger partial charge is 0.261 e. The summed E-state index contributed by atoms with van der Waals surface area (Å²) in [6, 6.07) is 22.4. The standard InChI is InChI=1S/C29H33FN2O3/c1-21(2)18-31-29(34)27(17-23-11-5-4-6-12-23)32(19-24-13-7-8-15-26(24)30)28(33)20-35-25-14-9-10-22(3)16-25/h4-16,21,27H,17-20H2,1-3H3,(H,31,34)/t27-/m0/s1. The number of nitrogens with one attached hydrogen (secondary N) is 1. The van der Waals surface area contributed by atoms with Gasteiger partial charge in [-0.05, 0) is 42.2 Å². The quantitative estimate of drug-likeness (QED) is 0.427. The van der Waals surface area contributed by atoms with Crippen molar-refractivity contribution >= 4 is 11.8 Å². The molecule has 6 heteroatoms. The van der Waals surface area contributed by atoms with E-state index in [-0.39, 0.29) is 25.0 Å². The van der Waals surface area contributed by atoms with E-state index < -0.39 is 17.8 Å². The molecule has 0 aliphatic carbocycles. The molecule has 0 spiro atoms. The molecule has 0 fully saturated rings. The molecule has 1 atom stereocenters. The predicted octanol–water partition coefficient (Wildman–Crippen LogP) is 4.93. The Balaban J connectivity index is 1.91. The van der Waals surface area contributed by atoms with Gasteiger partial charge < -0.3 is 15.0 Å². The zero-order chi connectivity index (χ0) is 25.2. The van der Waals surface area contributed by atoms with Crippen LogP contribution in [0.15, 0.2) is 78.9 Å². The van der Waals surface area contributed by atoms with Gasteiger partial charge in [0.15, 0.2) is 6.61 Å². The Labute approximate surface area is 206 Å². The highest BCUT2D eigenvalue weighted by Crippen LogP contribution is 2.18. The van der Waals surface area contributed by atoms with Gasteiger partial charge in [-0.1, -0.05) is 74.5 Å². The van der Waals surface area contributed by atoms with Crippen LogP contribution in [-0.2, 0) is 22.6 Å². The highest BCUT2D eigenvalue weighted by atomic mass is 19.1. The molecule has 2 amide bonds. The first-order valence-electron chi connectivity index (χ1n) is 11.9. The van der Waals surface area contributed by atoms with Crippen molar-refractivity contribution in [3.05, 3.63) is 101 Å². The molecule has 0 aliphatic heterocycles. The largest absolute Gasteiger partial charge is 0.484 e. The number of carbonyl (C=O) groups is 2. The average Bonchev–Trinajstić information content (AvgIpc) is 2.85. The molecule has 3 rings (SSSR count). The summed E-state index contributed by atoms with van der Waals surface area (Å²) in [5, 5.41) is 2.95. The number of hydrogen-bond acceptors (Lipinski definition) is 3. The normalized spacial score (nSPS) is 11.7. The lowest BCUT2D eigenvalue weighted by Gasteiger charge is -2.31. The zero-order valence-electron chi connectivity index (χ0n) is 20.5. The third-order valence-electron chi connectivity index (χ3n) is 5.61. The van der Waals surface area contributed by atoms with Crippen LogP contribution in [0.4, 0.5) is 4.39 Å². The van der Waals surface area contributed by atoms with Crippen molar-refractivity contribution in [1.29, 1.82) is 0 Å². The Kier molecular flexibility index (Phi) is 9.41. The van der Waals surface area contributed by atoms with Gasteiger partial charge in [0.25, 0.3) is 5.91 Å². The molecule has 3 aromatic carbocycles. The number of ether oxygens (including phenoxy) is 1. The van der Waals surface area contributed by atoms with Crippen molar-refractivity contribution < 1.29 is 18.7 Å². The molecule has 0 saturated carbocycles. The number of benzene rings is 3. The van der Waals surface area contributed by atoms with Crippen LogP contribution in [0.1, 0.15) is 30.5 Å². The summed E-state index contributed by atoms with van der Waals surface area (Å²) in [4.78, 5) is 28.3. The number of aryl methyl sites for hydroxylation is 1. The van der Waals surface area contributed by atoms with Crippen molar-refractivity contribution in [3.8, 4) is 5.75 Å². The van der Waals surface area contributed by atoms with E-state index in [2.05, 4.69) is 5.32 Å². The maximum Gasteiger partial charge on any atom is 0.261 e. The summed E-state index contributed by atoms with van der Waals surface area (Å²) in [7, 11) is 0. The summed E-state index contributed by atoms with van der Waals surface area (Å²) in [6.45, 7) is 6.12. The van der Waals surface area contributed by atoms with E-state index in [4.69, 9.17) is 4.74 Å². The van der Waals surface area contributed by atoms with Gasteiger partial charge in [-0.25, -0.2) is 4.39 Å². The van der Waals surface area contributed by atoms with E-state index in [0.717, 1.165) is 11.1 Å². The lowest BCUT2D eigenvalue weighted by molar-refractivity contribution is -0.142. The third-order valence-corrected chi connectivity index (χ3v) is 5.61. The second-order valence-corrected chi connectivity index (χ2v) is 9.06. The summed E-state index contributed by atoms with van der Waals surface area (Å²) < 4.78 is 20.3. The SMILES string of the molecule is Cc1cccc(OCC(=O)N(Cc2ccccc2F)[C@@H](Cc2ccccc2)C(=O)NCC(C)C)c1. The average molecular weight is 477 g/mol. The van der Waals surface area contributed by atoms with Crippen LogP contribution in [-0.4, -0.2) is 35.9 Å². The van der Waals surface area contributed by atoms with Crippen molar-refractivity contribution in [2.45, 2.75) is 39.8 Å². The van der Waals surface area contributed by atoms with Gasteiger partial charge in [-0.2, -0.15) is 0 Å². The van der Waals surface area contributed by atoms with E-state index in [1.54, 1.807) is 24.3 Å². The first-order valence-corrected chi connectivity index (χ1v) is 11.9. The summed E-state index contributed by atoms with van der Waals surface area (Å²) >= 11 is 0. The summed E-state index contributed by atoms with van der Waals surface area (Å²) in [6.07, 6.45) is 0.301. The van der Waals surface area contributed by atoms with Crippen LogP contribution in [0, 0.1) is 18.7 Å². The van der Waals surface area contributed by atoms with Gasteiger partial charge in [0.2, 0.25) is 5.91 Å². The van der Waals surface area contributed by atoms with E-state index in [9.17, 15) is 14.0 Å². The number of halogens is 1. The van der Waals surface area contributed by atoms with Gasteiger partial charge in [0, 0.05) is 25.1 Å². The number of hydrogen-bond donors (Lipinski definition) is 1. The fourth-order valence-electron chi connectivity index (χ4n) is 3.72. The monoisotopic (exact) mass is 476 g/mol. The Morgan fingerprint density at radius 1 is 0.971 bits per heavy atom. The zero-order valence-corrected chi connectivity index (χ0v) is 20.5. The molecular formula is C29H33FN2O3. The first kappa shape index (κ1) is 25.9. The third kappa shape index (κ3) is 7.95. The number of nitrogens with zero attached hydrogens (tertiary/aromatic N) is 1. The van der Waals surface area contributed by atoms with Gasteiger partial charge in [0.1, 0.15) is 17.6 Å². The Morgan fingerprint density at radius 3 is 2.37 bits per heavy atom. The molecule has 0 aliphatic rings. The van der Waals surface area contributed by atoms with E-state index in [1.807, 2.05) is 69.3 Å². The van der Waals surface area contributed by atoms with Gasteiger partial charge in [0.05, 0.1) is 0 Å². The first-order chi connectivity index (χ1) is 16.8. The number of amides is 2. The van der Waals surface area contributed by atoms with Crippen LogP contribution in [0.5, 0.6) is 5.75 Å². The van der Waals surface area contributed by atoms with Crippen LogP contribution < -0.4 is 10.1 Å². The Morgan fingerprint density at radius 2 is 1.69 bits per heavy atom. The highest BCUT2D eigenvalue weighted by Gasteiger charge is 2.31. The second kappa shape index (κ2) is 12.7. The van der Waals surface area contributed by atoms with Gasteiger partial charge in [-0.3, -0.25) is 9.59 Å². The maximum absolute atomic E-state index is 14.6. The molecule has 3 aromatic rings. The van der Waals surface area contributed by atoms with Gasteiger partial charge in [-0.15, -0.1) is 0 Å². The van der Waals surface area contributed by atoms with Crippen LogP contribution in [0.2, 0.25) is 0 Å². The van der Waals surface area contributed by atoms with Gasteiger partial charge >= 0.3 is 0 Å². The van der Waals surface area contributed by atoms with Crippen LogP contribution >= 0.6 is 0 Å². The molecule has 1 N–H and O–H groups in total. The predicted molar refractivity (Wildman–Crippen MR) is 135 cm³/mol. The van der Waals surface area contributed by atoms with Crippen molar-refractivity contribution in [1.82, 2.24) is 10.2 Å². The number of rotatable bonds is 11. The van der Waals surface area contributed by atoms with Crippen molar-refractivity contribution in [2.75, 3.05) is 13.2 Å². The molecule has 0 heterocycles. The molecule has 0 saturated heterocycles. The molecule has 0 aromatic heterocycles. The maximum atomic E-state index is 14.6. The van der Waals surface area contributed by atoms with Crippen LogP contribution in [0.25, 0.3) is 0 Å².